The van der Waals surface area contributed by atoms with Crippen molar-refractivity contribution in [2.45, 2.75) is 62.3 Å². The number of nitro groups is 1. The number of non-ortho nitro benzene ring substituents is 1. The van der Waals surface area contributed by atoms with Crippen molar-refractivity contribution in [1.82, 2.24) is 0 Å². The summed E-state index contributed by atoms with van der Waals surface area (Å²) in [5.74, 6) is 1.30. The van der Waals surface area contributed by atoms with Crippen molar-refractivity contribution < 1.29 is 9.66 Å². The molecule has 142 valence electrons. The lowest BCUT2D eigenvalue weighted by Gasteiger charge is -2.05. The van der Waals surface area contributed by atoms with Gasteiger partial charge in [-0.2, -0.15) is 0 Å². The lowest BCUT2D eigenvalue weighted by Crippen LogP contribution is -1.88. The highest BCUT2D eigenvalue weighted by molar-refractivity contribution is 5.38. The van der Waals surface area contributed by atoms with E-state index in [1.165, 1.54) is 12.1 Å². The van der Waals surface area contributed by atoms with Gasteiger partial charge >= 0.3 is 0 Å². The van der Waals surface area contributed by atoms with Crippen LogP contribution in [0.5, 0.6) is 11.5 Å². The third kappa shape index (κ3) is 12.7. The normalized spacial score (nSPS) is 7.72. The molecular weight excluding hydrogens is 314 g/mol. The van der Waals surface area contributed by atoms with Crippen molar-refractivity contribution in [2.24, 2.45) is 0 Å². The van der Waals surface area contributed by atoms with Gasteiger partial charge in [-0.25, -0.2) is 0 Å². The minimum Gasteiger partial charge on any atom is -0.457 e. The van der Waals surface area contributed by atoms with Crippen molar-refractivity contribution in [1.29, 1.82) is 0 Å². The fourth-order valence-electron chi connectivity index (χ4n) is 1.38. The molecule has 0 radical (unpaired) electrons. The Bertz CT molecular complexity index is 520. The second kappa shape index (κ2) is 19.7. The van der Waals surface area contributed by atoms with Crippen LogP contribution in [0.2, 0.25) is 0 Å². The Kier molecular flexibility index (Phi) is 21.6. The van der Waals surface area contributed by atoms with Gasteiger partial charge in [0, 0.05) is 12.1 Å². The van der Waals surface area contributed by atoms with E-state index in [9.17, 15) is 10.1 Å². The molecule has 4 nitrogen and oxygen atoms in total. The van der Waals surface area contributed by atoms with Crippen LogP contribution in [0.25, 0.3) is 0 Å². The van der Waals surface area contributed by atoms with Crippen LogP contribution in [-0.2, 0) is 0 Å². The van der Waals surface area contributed by atoms with E-state index in [2.05, 4.69) is 0 Å². The predicted octanol–water partition coefficient (Wildman–Crippen LogP) is 7.80. The quantitative estimate of drug-likeness (QED) is 0.419. The van der Waals surface area contributed by atoms with Gasteiger partial charge in [-0.05, 0) is 31.2 Å². The summed E-state index contributed by atoms with van der Waals surface area (Å²) >= 11 is 0. The van der Waals surface area contributed by atoms with E-state index in [1.807, 2.05) is 86.6 Å². The number of benzene rings is 2. The molecule has 0 bridgehead atoms. The second-order valence-electron chi connectivity index (χ2n) is 3.67. The lowest BCUT2D eigenvalue weighted by molar-refractivity contribution is -0.384. The van der Waals surface area contributed by atoms with Gasteiger partial charge in [0.1, 0.15) is 11.5 Å². The summed E-state index contributed by atoms with van der Waals surface area (Å²) in [6.07, 6.45) is 0. The summed E-state index contributed by atoms with van der Waals surface area (Å²) in [6, 6.07) is 13.6. The highest BCUT2D eigenvalue weighted by Crippen LogP contribution is 2.23. The molecule has 4 heteroatoms. The monoisotopic (exact) mass is 349 g/mol. The molecule has 0 N–H and O–H groups in total. The first kappa shape index (κ1) is 27.5. The highest BCUT2D eigenvalue weighted by atomic mass is 16.6. The summed E-state index contributed by atoms with van der Waals surface area (Å²) in [4.78, 5) is 10.0. The third-order valence-corrected chi connectivity index (χ3v) is 2.30. The molecule has 0 heterocycles. The zero-order valence-electron chi connectivity index (χ0n) is 17.3. The number of rotatable bonds is 3. The maximum Gasteiger partial charge on any atom is 0.269 e. The number of nitro benzene ring substituents is 1. The van der Waals surface area contributed by atoms with Crippen LogP contribution in [0.1, 0.15) is 61.0 Å². The van der Waals surface area contributed by atoms with E-state index in [0.717, 1.165) is 5.56 Å². The average Bonchev–Trinajstić information content (AvgIpc) is 2.70. The molecule has 0 aliphatic rings. The number of nitrogens with zero attached hydrogens (tertiary/aromatic N) is 1. The first-order valence-electron chi connectivity index (χ1n) is 9.14. The molecule has 0 spiro atoms. The van der Waals surface area contributed by atoms with Crippen molar-refractivity contribution in [3.63, 3.8) is 0 Å². The van der Waals surface area contributed by atoms with Crippen molar-refractivity contribution in [2.75, 3.05) is 0 Å². The summed E-state index contributed by atoms with van der Waals surface area (Å²) in [5, 5.41) is 10.5. The highest BCUT2D eigenvalue weighted by Gasteiger charge is 2.04. The van der Waals surface area contributed by atoms with E-state index in [1.54, 1.807) is 12.1 Å². The van der Waals surface area contributed by atoms with Crippen LogP contribution < -0.4 is 4.74 Å². The molecule has 0 atom stereocenters. The molecule has 0 aliphatic heterocycles. The maximum atomic E-state index is 10.5. The zero-order chi connectivity index (χ0) is 20.3. The van der Waals surface area contributed by atoms with Crippen LogP contribution in [0.3, 0.4) is 0 Å². The van der Waals surface area contributed by atoms with E-state index >= 15 is 0 Å². The SMILES string of the molecule is CC.CC.CC.CC.Cc1ccc(Oc2ccc([N+](=O)[O-])cc2)cc1. The number of hydrogen-bond acceptors (Lipinski definition) is 3. The third-order valence-electron chi connectivity index (χ3n) is 2.30. The van der Waals surface area contributed by atoms with Gasteiger partial charge in [0.25, 0.3) is 5.69 Å². The standard InChI is InChI=1S/C13H11NO3.4C2H6/c1-10-2-6-12(7-3-10)17-13-8-4-11(5-9-13)14(15)16;4*1-2/h2-9H,1H3;4*1-2H3. The molecule has 0 unspecified atom stereocenters. The molecule has 2 rings (SSSR count). The topological polar surface area (TPSA) is 52.4 Å². The minimum atomic E-state index is -0.435. The minimum absolute atomic E-state index is 0.0567. The van der Waals surface area contributed by atoms with Crippen LogP contribution in [0, 0.1) is 17.0 Å². The second-order valence-corrected chi connectivity index (χ2v) is 3.67. The van der Waals surface area contributed by atoms with Crippen molar-refractivity contribution in [3.8, 4) is 11.5 Å². The fraction of sp³-hybridized carbons (Fsp3) is 0.429. The molecule has 0 aromatic heterocycles. The van der Waals surface area contributed by atoms with Gasteiger partial charge in [-0.3, -0.25) is 10.1 Å². The fourth-order valence-corrected chi connectivity index (χ4v) is 1.38. The number of aryl methyl sites for hydroxylation is 1. The Morgan fingerprint density at radius 1 is 0.680 bits per heavy atom. The largest absolute Gasteiger partial charge is 0.457 e. The van der Waals surface area contributed by atoms with Crippen LogP contribution in [0.15, 0.2) is 48.5 Å². The molecule has 0 saturated heterocycles. The molecule has 0 saturated carbocycles. The van der Waals surface area contributed by atoms with Gasteiger partial charge < -0.3 is 4.74 Å². The van der Waals surface area contributed by atoms with E-state index in [-0.39, 0.29) is 5.69 Å². The Hall–Kier alpha value is -2.36. The zero-order valence-corrected chi connectivity index (χ0v) is 17.3. The van der Waals surface area contributed by atoms with Crippen molar-refractivity contribution >= 4 is 5.69 Å². The predicted molar refractivity (Wildman–Crippen MR) is 110 cm³/mol. The van der Waals surface area contributed by atoms with Gasteiger partial charge in [-0.15, -0.1) is 0 Å². The maximum absolute atomic E-state index is 10.5. The first-order valence-corrected chi connectivity index (χ1v) is 9.14. The molecule has 0 aliphatic carbocycles. The molecule has 25 heavy (non-hydrogen) atoms. The van der Waals surface area contributed by atoms with Gasteiger partial charge in [0.15, 0.2) is 0 Å². The van der Waals surface area contributed by atoms with Gasteiger partial charge in [-0.1, -0.05) is 73.1 Å². The Labute approximate surface area is 154 Å². The van der Waals surface area contributed by atoms with Gasteiger partial charge in [0.05, 0.1) is 4.92 Å². The van der Waals surface area contributed by atoms with Crippen LogP contribution in [-0.4, -0.2) is 4.92 Å². The molecule has 2 aromatic carbocycles. The summed E-state index contributed by atoms with van der Waals surface area (Å²) < 4.78 is 5.55. The van der Waals surface area contributed by atoms with E-state index in [4.69, 9.17) is 4.74 Å². The molecule has 0 amide bonds. The Morgan fingerprint density at radius 2 is 1.00 bits per heavy atom. The average molecular weight is 350 g/mol. The van der Waals surface area contributed by atoms with Gasteiger partial charge in [0.2, 0.25) is 0 Å². The molecular formula is C21H35NO3. The number of ether oxygens (including phenoxy) is 1. The van der Waals surface area contributed by atoms with Crippen LogP contribution in [0.4, 0.5) is 5.69 Å². The molecule has 2 aromatic rings. The summed E-state index contributed by atoms with van der Waals surface area (Å²) in [6.45, 7) is 18.0. The summed E-state index contributed by atoms with van der Waals surface area (Å²) in [7, 11) is 0. The lowest BCUT2D eigenvalue weighted by atomic mass is 10.2. The van der Waals surface area contributed by atoms with E-state index < -0.39 is 4.92 Å². The van der Waals surface area contributed by atoms with Crippen molar-refractivity contribution in [3.05, 3.63) is 64.2 Å². The first-order chi connectivity index (χ1) is 12.1. The summed E-state index contributed by atoms with van der Waals surface area (Å²) in [5.41, 5.74) is 1.21. The van der Waals surface area contributed by atoms with E-state index in [0.29, 0.717) is 11.5 Å². The Morgan fingerprint density at radius 3 is 1.32 bits per heavy atom. The Balaban J connectivity index is -0.000000533. The number of hydrogen-bond donors (Lipinski definition) is 0. The smallest absolute Gasteiger partial charge is 0.269 e. The van der Waals surface area contributed by atoms with Crippen LogP contribution >= 0.6 is 0 Å². The molecule has 0 fully saturated rings.